The van der Waals surface area contributed by atoms with Crippen LogP contribution in [-0.2, 0) is 4.79 Å². The number of benzene rings is 1. The number of rotatable bonds is 3. The second kappa shape index (κ2) is 6.50. The van der Waals surface area contributed by atoms with Gasteiger partial charge in [0.05, 0.1) is 0 Å². The number of likely N-dealkylation sites (N-methyl/N-ethyl adjacent to an activating group) is 1. The monoisotopic (exact) mass is 325 g/mol. The zero-order chi connectivity index (χ0) is 13.8. The van der Waals surface area contributed by atoms with Gasteiger partial charge in [0.2, 0.25) is 5.91 Å². The molecule has 19 heavy (non-hydrogen) atoms. The Bertz CT molecular complexity index is 452. The van der Waals surface area contributed by atoms with Gasteiger partial charge in [0, 0.05) is 37.2 Å². The van der Waals surface area contributed by atoms with E-state index in [9.17, 15) is 4.79 Å². The SMILES string of the molecule is CNC(=O)C1CNCCN1C(C)c1cccc(Br)c1. The Labute approximate surface area is 122 Å². The lowest BCUT2D eigenvalue weighted by atomic mass is 10.0. The van der Waals surface area contributed by atoms with Crippen LogP contribution in [0.1, 0.15) is 18.5 Å². The van der Waals surface area contributed by atoms with E-state index in [4.69, 9.17) is 0 Å². The Morgan fingerprint density at radius 1 is 1.58 bits per heavy atom. The first kappa shape index (κ1) is 14.5. The molecule has 4 nitrogen and oxygen atoms in total. The molecule has 0 spiro atoms. The second-order valence-corrected chi connectivity index (χ2v) is 5.72. The number of halogens is 1. The maximum absolute atomic E-state index is 12.0. The summed E-state index contributed by atoms with van der Waals surface area (Å²) in [5.41, 5.74) is 1.23. The van der Waals surface area contributed by atoms with Gasteiger partial charge in [-0.1, -0.05) is 28.1 Å². The van der Waals surface area contributed by atoms with Crippen LogP contribution < -0.4 is 10.6 Å². The van der Waals surface area contributed by atoms with Gasteiger partial charge in [-0.05, 0) is 24.6 Å². The highest BCUT2D eigenvalue weighted by Crippen LogP contribution is 2.25. The molecule has 0 bridgehead atoms. The molecule has 1 heterocycles. The van der Waals surface area contributed by atoms with E-state index >= 15 is 0 Å². The number of carbonyl (C=O) groups excluding carboxylic acids is 1. The van der Waals surface area contributed by atoms with Crippen LogP contribution in [0.2, 0.25) is 0 Å². The highest BCUT2D eigenvalue weighted by Gasteiger charge is 2.31. The van der Waals surface area contributed by atoms with E-state index in [1.807, 2.05) is 12.1 Å². The van der Waals surface area contributed by atoms with Crippen molar-refractivity contribution in [1.82, 2.24) is 15.5 Å². The molecule has 0 aliphatic carbocycles. The van der Waals surface area contributed by atoms with Gasteiger partial charge in [0.1, 0.15) is 6.04 Å². The zero-order valence-electron chi connectivity index (χ0n) is 11.3. The van der Waals surface area contributed by atoms with Crippen LogP contribution in [0.25, 0.3) is 0 Å². The fraction of sp³-hybridized carbons (Fsp3) is 0.500. The van der Waals surface area contributed by atoms with Crippen molar-refractivity contribution in [3.8, 4) is 0 Å². The molecule has 2 atom stereocenters. The maximum Gasteiger partial charge on any atom is 0.238 e. The van der Waals surface area contributed by atoms with Gasteiger partial charge in [-0.25, -0.2) is 0 Å². The molecule has 0 radical (unpaired) electrons. The number of hydrogen-bond donors (Lipinski definition) is 2. The number of nitrogens with zero attached hydrogens (tertiary/aromatic N) is 1. The summed E-state index contributed by atoms with van der Waals surface area (Å²) in [5.74, 6) is 0.0778. The minimum Gasteiger partial charge on any atom is -0.358 e. The minimum atomic E-state index is -0.104. The first-order valence-electron chi connectivity index (χ1n) is 6.57. The van der Waals surface area contributed by atoms with Crippen molar-refractivity contribution in [2.24, 2.45) is 0 Å². The van der Waals surface area contributed by atoms with Crippen molar-refractivity contribution in [3.63, 3.8) is 0 Å². The molecule has 1 aromatic carbocycles. The molecule has 5 heteroatoms. The average molecular weight is 326 g/mol. The standard InChI is InChI=1S/C14H20BrN3O/c1-10(11-4-3-5-12(15)8-11)18-7-6-17-9-13(18)14(19)16-2/h3-5,8,10,13,17H,6-7,9H2,1-2H3,(H,16,19). The van der Waals surface area contributed by atoms with E-state index in [1.165, 1.54) is 5.56 Å². The van der Waals surface area contributed by atoms with Crippen LogP contribution in [0, 0.1) is 0 Å². The summed E-state index contributed by atoms with van der Waals surface area (Å²) in [5, 5.41) is 6.04. The molecular weight excluding hydrogens is 306 g/mol. The van der Waals surface area contributed by atoms with Crippen molar-refractivity contribution in [2.75, 3.05) is 26.7 Å². The Morgan fingerprint density at radius 3 is 3.05 bits per heavy atom. The fourth-order valence-electron chi connectivity index (χ4n) is 2.55. The molecule has 0 saturated carbocycles. The van der Waals surface area contributed by atoms with E-state index in [0.29, 0.717) is 6.54 Å². The normalized spacial score (nSPS) is 21.9. The molecule has 1 fully saturated rings. The summed E-state index contributed by atoms with van der Waals surface area (Å²) in [6.45, 7) is 4.67. The number of piperazine rings is 1. The third-order valence-corrected chi connectivity index (χ3v) is 4.16. The van der Waals surface area contributed by atoms with E-state index in [1.54, 1.807) is 7.05 Å². The van der Waals surface area contributed by atoms with E-state index < -0.39 is 0 Å². The van der Waals surface area contributed by atoms with Gasteiger partial charge in [0.25, 0.3) is 0 Å². The van der Waals surface area contributed by atoms with E-state index in [2.05, 4.69) is 50.5 Å². The number of hydrogen-bond acceptors (Lipinski definition) is 3. The zero-order valence-corrected chi connectivity index (χ0v) is 12.9. The number of carbonyl (C=O) groups is 1. The first-order valence-corrected chi connectivity index (χ1v) is 7.36. The van der Waals surface area contributed by atoms with Crippen molar-refractivity contribution in [3.05, 3.63) is 34.3 Å². The molecule has 2 N–H and O–H groups in total. The molecule has 1 aliphatic rings. The van der Waals surface area contributed by atoms with E-state index in [-0.39, 0.29) is 18.0 Å². The smallest absolute Gasteiger partial charge is 0.238 e. The van der Waals surface area contributed by atoms with Gasteiger partial charge in [-0.2, -0.15) is 0 Å². The van der Waals surface area contributed by atoms with Crippen LogP contribution in [0.4, 0.5) is 0 Å². The van der Waals surface area contributed by atoms with Crippen LogP contribution in [0.3, 0.4) is 0 Å². The second-order valence-electron chi connectivity index (χ2n) is 4.80. The quantitative estimate of drug-likeness (QED) is 0.885. The van der Waals surface area contributed by atoms with Gasteiger partial charge < -0.3 is 10.6 Å². The summed E-state index contributed by atoms with van der Waals surface area (Å²) in [6.07, 6.45) is 0. The van der Waals surface area contributed by atoms with Crippen molar-refractivity contribution in [1.29, 1.82) is 0 Å². The van der Waals surface area contributed by atoms with Gasteiger partial charge in [-0.3, -0.25) is 9.69 Å². The van der Waals surface area contributed by atoms with Crippen LogP contribution >= 0.6 is 15.9 Å². The summed E-state index contributed by atoms with van der Waals surface area (Å²) < 4.78 is 1.07. The first-order chi connectivity index (χ1) is 9.13. The summed E-state index contributed by atoms with van der Waals surface area (Å²) >= 11 is 3.50. The molecule has 2 unspecified atom stereocenters. The topological polar surface area (TPSA) is 44.4 Å². The van der Waals surface area contributed by atoms with Crippen LogP contribution in [0.15, 0.2) is 28.7 Å². The van der Waals surface area contributed by atoms with Crippen LogP contribution in [0.5, 0.6) is 0 Å². The Hall–Kier alpha value is -0.910. The van der Waals surface area contributed by atoms with Gasteiger partial charge in [0.15, 0.2) is 0 Å². The highest BCUT2D eigenvalue weighted by molar-refractivity contribution is 9.10. The Balaban J connectivity index is 2.19. The fourth-order valence-corrected chi connectivity index (χ4v) is 2.97. The maximum atomic E-state index is 12.0. The minimum absolute atomic E-state index is 0.0778. The molecule has 1 aliphatic heterocycles. The molecule has 104 valence electrons. The Kier molecular flexibility index (Phi) is 4.96. The molecular formula is C14H20BrN3O. The van der Waals surface area contributed by atoms with Gasteiger partial charge in [-0.15, -0.1) is 0 Å². The summed E-state index contributed by atoms with van der Waals surface area (Å²) in [7, 11) is 1.69. The van der Waals surface area contributed by atoms with E-state index in [0.717, 1.165) is 17.6 Å². The number of nitrogens with one attached hydrogen (secondary N) is 2. The third-order valence-electron chi connectivity index (χ3n) is 3.66. The molecule has 0 aromatic heterocycles. The Morgan fingerprint density at radius 2 is 2.37 bits per heavy atom. The predicted molar refractivity (Wildman–Crippen MR) is 80.0 cm³/mol. The molecule has 2 rings (SSSR count). The van der Waals surface area contributed by atoms with Gasteiger partial charge >= 0.3 is 0 Å². The summed E-state index contributed by atoms with van der Waals surface area (Å²) in [4.78, 5) is 14.2. The highest BCUT2D eigenvalue weighted by atomic mass is 79.9. The average Bonchev–Trinajstić information content (AvgIpc) is 2.45. The predicted octanol–water partition coefficient (Wildman–Crippen LogP) is 1.53. The van der Waals surface area contributed by atoms with Crippen molar-refractivity contribution in [2.45, 2.75) is 19.0 Å². The lowest BCUT2D eigenvalue weighted by molar-refractivity contribution is -0.127. The molecule has 1 aromatic rings. The van der Waals surface area contributed by atoms with Crippen LogP contribution in [-0.4, -0.2) is 43.5 Å². The molecule has 1 amide bonds. The van der Waals surface area contributed by atoms with Crippen molar-refractivity contribution < 1.29 is 4.79 Å². The summed E-state index contributed by atoms with van der Waals surface area (Å²) in [6, 6.07) is 8.40. The molecule has 1 saturated heterocycles. The lowest BCUT2D eigenvalue weighted by Crippen LogP contribution is -2.57. The lowest BCUT2D eigenvalue weighted by Gasteiger charge is -2.39. The number of amides is 1. The van der Waals surface area contributed by atoms with Crippen molar-refractivity contribution >= 4 is 21.8 Å². The third kappa shape index (κ3) is 3.35. The largest absolute Gasteiger partial charge is 0.358 e.